The van der Waals surface area contributed by atoms with E-state index in [0.29, 0.717) is 48.5 Å². The average molecular weight is 492 g/mol. The van der Waals surface area contributed by atoms with Crippen LogP contribution in [0.2, 0.25) is 0 Å². The van der Waals surface area contributed by atoms with Gasteiger partial charge in [-0.15, -0.1) is 17.4 Å². The maximum atomic E-state index is 14.0. The van der Waals surface area contributed by atoms with Crippen LogP contribution in [-0.2, 0) is 11.8 Å². The smallest absolute Gasteiger partial charge is 0.290 e. The molecule has 36 heavy (non-hydrogen) atoms. The first-order chi connectivity index (χ1) is 17.3. The molecule has 188 valence electrons. The summed E-state index contributed by atoms with van der Waals surface area (Å²) in [4.78, 5) is 28.5. The standard InChI is InChI=1S/C25H29N7O4/c1-6-8-11-25(28-29-25)12-13-32(21(23(33)26-4)19-15-31(5)30-27-19)24(34)22-16(3)18-14-17(35-7-2)9-10-20(18)36-22/h1,9-10,14-15,21H,7-8,11-13H2,2-5H3,(H,26,33). The summed E-state index contributed by atoms with van der Waals surface area (Å²) in [6.07, 6.45) is 8.52. The van der Waals surface area contributed by atoms with Gasteiger partial charge in [0.15, 0.2) is 17.5 Å². The molecule has 2 aromatic heterocycles. The van der Waals surface area contributed by atoms with Gasteiger partial charge in [0, 0.05) is 50.9 Å². The molecule has 3 aromatic rings. The zero-order valence-corrected chi connectivity index (χ0v) is 20.8. The molecule has 1 aliphatic rings. The van der Waals surface area contributed by atoms with Gasteiger partial charge in [0.25, 0.3) is 5.91 Å². The fourth-order valence-corrected chi connectivity index (χ4v) is 4.17. The maximum absolute atomic E-state index is 14.0. The van der Waals surface area contributed by atoms with Crippen LogP contribution in [0.5, 0.6) is 5.75 Å². The highest BCUT2D eigenvalue weighted by molar-refractivity contribution is 6.01. The molecule has 0 aliphatic carbocycles. The van der Waals surface area contributed by atoms with Gasteiger partial charge in [-0.25, -0.2) is 0 Å². The Morgan fingerprint density at radius 3 is 2.72 bits per heavy atom. The van der Waals surface area contributed by atoms with E-state index in [4.69, 9.17) is 15.6 Å². The summed E-state index contributed by atoms with van der Waals surface area (Å²) in [5.41, 5.74) is 0.891. The number of amides is 2. The Labute approximate surface area is 208 Å². The summed E-state index contributed by atoms with van der Waals surface area (Å²) in [6, 6.07) is 4.36. The molecule has 1 atom stereocenters. The Morgan fingerprint density at radius 1 is 1.33 bits per heavy atom. The van der Waals surface area contributed by atoms with Crippen molar-refractivity contribution in [1.82, 2.24) is 25.2 Å². The topological polar surface area (TPSA) is 127 Å². The van der Waals surface area contributed by atoms with Gasteiger partial charge in [-0.3, -0.25) is 14.3 Å². The molecule has 11 nitrogen and oxygen atoms in total. The normalized spacial score (nSPS) is 14.3. The summed E-state index contributed by atoms with van der Waals surface area (Å²) in [6.45, 7) is 4.40. The number of hydrogen-bond acceptors (Lipinski definition) is 8. The summed E-state index contributed by atoms with van der Waals surface area (Å²) >= 11 is 0. The van der Waals surface area contributed by atoms with Crippen molar-refractivity contribution in [3.63, 3.8) is 0 Å². The fraction of sp³-hybridized carbons (Fsp3) is 0.440. The SMILES string of the molecule is C#CCCC1(CCN(C(=O)c2oc3ccc(OCC)cc3c2C)C(C(=O)NC)c2cn(C)nn2)N=N1. The van der Waals surface area contributed by atoms with Crippen LogP contribution in [0.4, 0.5) is 0 Å². The number of likely N-dealkylation sites (N-methyl/N-ethyl adjacent to an activating group) is 1. The van der Waals surface area contributed by atoms with Crippen LogP contribution in [0.1, 0.15) is 54.0 Å². The van der Waals surface area contributed by atoms with E-state index in [1.54, 1.807) is 25.4 Å². The number of terminal acetylenes is 1. The molecule has 0 spiro atoms. The number of nitrogens with one attached hydrogen (secondary N) is 1. The number of furan rings is 1. The van der Waals surface area contributed by atoms with E-state index in [1.807, 2.05) is 19.9 Å². The Balaban J connectivity index is 1.73. The van der Waals surface area contributed by atoms with Crippen LogP contribution in [0, 0.1) is 19.3 Å². The molecule has 0 bridgehead atoms. The maximum Gasteiger partial charge on any atom is 0.290 e. The number of hydrogen-bond donors (Lipinski definition) is 1. The van der Waals surface area contributed by atoms with Gasteiger partial charge in [0.2, 0.25) is 5.91 Å². The minimum atomic E-state index is -1.04. The molecule has 1 unspecified atom stereocenters. The van der Waals surface area contributed by atoms with Crippen molar-refractivity contribution in [1.29, 1.82) is 0 Å². The number of rotatable bonds is 11. The molecule has 4 rings (SSSR count). The molecular weight excluding hydrogens is 462 g/mol. The zero-order chi connectivity index (χ0) is 25.9. The second-order valence-electron chi connectivity index (χ2n) is 8.62. The lowest BCUT2D eigenvalue weighted by Gasteiger charge is -2.29. The number of aryl methyl sites for hydroxylation is 2. The number of nitrogens with zero attached hydrogens (tertiary/aromatic N) is 6. The van der Waals surface area contributed by atoms with Gasteiger partial charge >= 0.3 is 0 Å². The number of aromatic nitrogens is 3. The van der Waals surface area contributed by atoms with E-state index in [0.717, 1.165) is 5.39 Å². The average Bonchev–Trinajstić information content (AvgIpc) is 3.40. The van der Waals surface area contributed by atoms with Gasteiger partial charge in [0.05, 0.1) is 12.8 Å². The third kappa shape index (κ3) is 4.93. The van der Waals surface area contributed by atoms with Gasteiger partial charge in [-0.2, -0.15) is 10.2 Å². The van der Waals surface area contributed by atoms with Crippen LogP contribution in [-0.4, -0.2) is 57.6 Å². The quantitative estimate of drug-likeness (QED) is 0.411. The molecule has 2 amide bonds. The number of benzene rings is 1. The predicted molar refractivity (Wildman–Crippen MR) is 131 cm³/mol. The van der Waals surface area contributed by atoms with Gasteiger partial charge in [-0.1, -0.05) is 5.21 Å². The predicted octanol–water partition coefficient (Wildman–Crippen LogP) is 3.16. The van der Waals surface area contributed by atoms with Crippen LogP contribution in [0.3, 0.4) is 0 Å². The summed E-state index contributed by atoms with van der Waals surface area (Å²) in [5, 5.41) is 19.8. The van der Waals surface area contributed by atoms with Crippen molar-refractivity contribution in [2.45, 2.75) is 44.8 Å². The van der Waals surface area contributed by atoms with Crippen LogP contribution >= 0.6 is 0 Å². The first kappa shape index (κ1) is 24.9. The number of ether oxygens (including phenoxy) is 1. The lowest BCUT2D eigenvalue weighted by Crippen LogP contribution is -2.44. The lowest BCUT2D eigenvalue weighted by molar-refractivity contribution is -0.125. The van der Waals surface area contributed by atoms with Crippen molar-refractivity contribution in [3.05, 3.63) is 41.4 Å². The van der Waals surface area contributed by atoms with Crippen LogP contribution < -0.4 is 10.1 Å². The minimum Gasteiger partial charge on any atom is -0.494 e. The Hall–Kier alpha value is -4.20. The van der Waals surface area contributed by atoms with E-state index in [1.165, 1.54) is 16.6 Å². The molecule has 1 N–H and O–H groups in total. The van der Waals surface area contributed by atoms with Crippen LogP contribution in [0.15, 0.2) is 39.0 Å². The van der Waals surface area contributed by atoms with Gasteiger partial charge < -0.3 is 19.4 Å². The molecule has 0 saturated heterocycles. The monoisotopic (exact) mass is 491 g/mol. The third-order valence-electron chi connectivity index (χ3n) is 6.19. The van der Waals surface area contributed by atoms with E-state index in [2.05, 4.69) is 31.8 Å². The zero-order valence-electron chi connectivity index (χ0n) is 20.8. The van der Waals surface area contributed by atoms with E-state index in [-0.39, 0.29) is 12.3 Å². The first-order valence-corrected chi connectivity index (χ1v) is 11.7. The van der Waals surface area contributed by atoms with Crippen molar-refractivity contribution < 1.29 is 18.7 Å². The Bertz CT molecular complexity index is 1340. The van der Waals surface area contributed by atoms with E-state index in [9.17, 15) is 9.59 Å². The second-order valence-corrected chi connectivity index (χ2v) is 8.62. The molecule has 0 radical (unpaired) electrons. The van der Waals surface area contributed by atoms with Crippen LogP contribution in [0.25, 0.3) is 11.0 Å². The van der Waals surface area contributed by atoms with E-state index >= 15 is 0 Å². The van der Waals surface area contributed by atoms with Crippen molar-refractivity contribution >= 4 is 22.8 Å². The van der Waals surface area contributed by atoms with Crippen molar-refractivity contribution in [2.24, 2.45) is 17.3 Å². The Kier molecular flexibility index (Phi) is 7.05. The minimum absolute atomic E-state index is 0.138. The molecule has 0 fully saturated rings. The van der Waals surface area contributed by atoms with Gasteiger partial charge in [0.1, 0.15) is 17.0 Å². The van der Waals surface area contributed by atoms with Crippen molar-refractivity contribution in [2.75, 3.05) is 20.2 Å². The molecule has 11 heteroatoms. The molecule has 1 aliphatic heterocycles. The Morgan fingerprint density at radius 2 is 2.11 bits per heavy atom. The summed E-state index contributed by atoms with van der Waals surface area (Å²) < 4.78 is 13.1. The molecule has 3 heterocycles. The van der Waals surface area contributed by atoms with Crippen molar-refractivity contribution in [3.8, 4) is 18.1 Å². The third-order valence-corrected chi connectivity index (χ3v) is 6.19. The summed E-state index contributed by atoms with van der Waals surface area (Å²) in [7, 11) is 3.20. The summed E-state index contributed by atoms with van der Waals surface area (Å²) in [5.74, 6) is 2.57. The highest BCUT2D eigenvalue weighted by Crippen LogP contribution is 2.38. The second kappa shape index (κ2) is 10.2. The largest absolute Gasteiger partial charge is 0.494 e. The molecule has 0 saturated carbocycles. The number of carbonyl (C=O) groups is 2. The first-order valence-electron chi connectivity index (χ1n) is 11.7. The number of carbonyl (C=O) groups excluding carboxylic acids is 2. The molecular formula is C25H29N7O4. The van der Waals surface area contributed by atoms with E-state index < -0.39 is 23.5 Å². The number of fused-ring (bicyclic) bond motifs is 1. The lowest BCUT2D eigenvalue weighted by atomic mass is 10.0. The highest BCUT2D eigenvalue weighted by atomic mass is 16.5. The highest BCUT2D eigenvalue weighted by Gasteiger charge is 2.42. The van der Waals surface area contributed by atoms with Gasteiger partial charge in [-0.05, 0) is 32.0 Å². The fourth-order valence-electron chi connectivity index (χ4n) is 4.17. The molecule has 1 aromatic carbocycles.